The van der Waals surface area contributed by atoms with E-state index in [1.54, 1.807) is 0 Å². The van der Waals surface area contributed by atoms with Crippen LogP contribution in [0.5, 0.6) is 0 Å². The van der Waals surface area contributed by atoms with Crippen LogP contribution in [-0.2, 0) is 11.8 Å². The summed E-state index contributed by atoms with van der Waals surface area (Å²) in [5, 5.41) is 4.61. The monoisotopic (exact) mass is 194 g/mol. The van der Waals surface area contributed by atoms with Crippen LogP contribution < -0.4 is 0 Å². The van der Waals surface area contributed by atoms with Gasteiger partial charge in [-0.25, -0.2) is 0 Å². The molecule has 80 valence electrons. The van der Waals surface area contributed by atoms with Crippen molar-refractivity contribution in [3.05, 3.63) is 17.5 Å². The molecule has 0 aliphatic carbocycles. The van der Waals surface area contributed by atoms with E-state index in [4.69, 9.17) is 0 Å². The Labute approximate surface area is 87.3 Å². The lowest BCUT2D eigenvalue weighted by Crippen LogP contribution is -2.12. The fourth-order valence-electron chi connectivity index (χ4n) is 1.58. The summed E-state index contributed by atoms with van der Waals surface area (Å²) in [6.45, 7) is 13.2. The predicted molar refractivity (Wildman–Crippen MR) is 60.7 cm³/mol. The Morgan fingerprint density at radius 2 is 1.93 bits per heavy atom. The third-order valence-corrected chi connectivity index (χ3v) is 2.48. The normalized spacial score (nSPS) is 12.5. The van der Waals surface area contributed by atoms with Gasteiger partial charge in [0.25, 0.3) is 0 Å². The molecule has 0 amide bonds. The van der Waals surface area contributed by atoms with Crippen molar-refractivity contribution in [1.82, 2.24) is 9.78 Å². The molecule has 0 saturated carbocycles. The Balaban J connectivity index is 3.16. The van der Waals surface area contributed by atoms with Gasteiger partial charge in [-0.15, -0.1) is 0 Å². The largest absolute Gasteiger partial charge is 0.270 e. The van der Waals surface area contributed by atoms with E-state index in [0.29, 0.717) is 6.04 Å². The van der Waals surface area contributed by atoms with E-state index < -0.39 is 0 Å². The van der Waals surface area contributed by atoms with Gasteiger partial charge < -0.3 is 0 Å². The lowest BCUT2D eigenvalue weighted by molar-refractivity contribution is 0.525. The molecule has 0 bridgehead atoms. The first-order valence-electron chi connectivity index (χ1n) is 5.44. The predicted octanol–water partition coefficient (Wildman–Crippen LogP) is 3.32. The third-order valence-electron chi connectivity index (χ3n) is 2.48. The molecule has 0 N–H and O–H groups in total. The number of rotatable bonds is 2. The molecule has 0 unspecified atom stereocenters. The van der Waals surface area contributed by atoms with E-state index in [2.05, 4.69) is 57.5 Å². The highest BCUT2D eigenvalue weighted by molar-refractivity contribution is 5.25. The van der Waals surface area contributed by atoms with Gasteiger partial charge in [0.1, 0.15) is 0 Å². The van der Waals surface area contributed by atoms with Crippen molar-refractivity contribution in [3.63, 3.8) is 0 Å². The van der Waals surface area contributed by atoms with E-state index in [-0.39, 0.29) is 5.41 Å². The summed E-state index contributed by atoms with van der Waals surface area (Å²) >= 11 is 0. The summed E-state index contributed by atoms with van der Waals surface area (Å²) in [7, 11) is 0. The minimum Gasteiger partial charge on any atom is -0.270 e. The molecule has 0 aliphatic rings. The summed E-state index contributed by atoms with van der Waals surface area (Å²) in [5.74, 6) is 0. The van der Waals surface area contributed by atoms with E-state index in [9.17, 15) is 0 Å². The highest BCUT2D eigenvalue weighted by Crippen LogP contribution is 2.26. The Bertz CT molecular complexity index is 303. The van der Waals surface area contributed by atoms with Crippen molar-refractivity contribution in [3.8, 4) is 0 Å². The van der Waals surface area contributed by atoms with Gasteiger partial charge in [0.05, 0.1) is 5.69 Å². The zero-order valence-corrected chi connectivity index (χ0v) is 10.3. The molecular weight excluding hydrogens is 172 g/mol. The number of hydrogen-bond acceptors (Lipinski definition) is 1. The van der Waals surface area contributed by atoms with Crippen LogP contribution in [0, 0.1) is 0 Å². The molecule has 0 aromatic carbocycles. The molecule has 14 heavy (non-hydrogen) atoms. The SMILES string of the molecule is CCc1nn(C(C)C)cc1C(C)(C)C. The molecular formula is C12H22N2. The van der Waals surface area contributed by atoms with Crippen molar-refractivity contribution < 1.29 is 0 Å². The van der Waals surface area contributed by atoms with Crippen molar-refractivity contribution in [2.75, 3.05) is 0 Å². The maximum Gasteiger partial charge on any atom is 0.0659 e. The summed E-state index contributed by atoms with van der Waals surface area (Å²) in [6, 6.07) is 0.455. The van der Waals surface area contributed by atoms with Crippen molar-refractivity contribution in [1.29, 1.82) is 0 Å². The van der Waals surface area contributed by atoms with Gasteiger partial charge in [-0.2, -0.15) is 5.10 Å². The quantitative estimate of drug-likeness (QED) is 0.706. The summed E-state index contributed by atoms with van der Waals surface area (Å²) in [6.07, 6.45) is 3.22. The van der Waals surface area contributed by atoms with Crippen LogP contribution in [0.3, 0.4) is 0 Å². The van der Waals surface area contributed by atoms with E-state index >= 15 is 0 Å². The summed E-state index contributed by atoms with van der Waals surface area (Å²) < 4.78 is 2.07. The number of aromatic nitrogens is 2. The zero-order chi connectivity index (χ0) is 10.9. The molecule has 2 heteroatoms. The van der Waals surface area contributed by atoms with Crippen LogP contribution >= 0.6 is 0 Å². The van der Waals surface area contributed by atoms with Gasteiger partial charge in [-0.05, 0) is 31.2 Å². The Kier molecular flexibility index (Phi) is 3.03. The second-order valence-corrected chi connectivity index (χ2v) is 5.17. The van der Waals surface area contributed by atoms with Gasteiger partial charge in [0.15, 0.2) is 0 Å². The number of hydrogen-bond donors (Lipinski definition) is 0. The van der Waals surface area contributed by atoms with E-state index in [1.165, 1.54) is 11.3 Å². The maximum absolute atomic E-state index is 4.61. The second-order valence-electron chi connectivity index (χ2n) is 5.17. The lowest BCUT2D eigenvalue weighted by Gasteiger charge is -2.17. The molecule has 0 radical (unpaired) electrons. The standard InChI is InChI=1S/C12H22N2/c1-7-11-10(12(4,5)6)8-14(13-11)9(2)3/h8-9H,7H2,1-6H3. The topological polar surface area (TPSA) is 17.8 Å². The molecule has 0 aliphatic heterocycles. The van der Waals surface area contributed by atoms with Crippen LogP contribution in [0.1, 0.15) is 58.8 Å². The molecule has 0 atom stereocenters. The molecule has 2 nitrogen and oxygen atoms in total. The van der Waals surface area contributed by atoms with Crippen LogP contribution in [-0.4, -0.2) is 9.78 Å². The lowest BCUT2D eigenvalue weighted by atomic mass is 9.87. The van der Waals surface area contributed by atoms with E-state index in [0.717, 1.165) is 6.42 Å². The zero-order valence-electron chi connectivity index (χ0n) is 10.3. The van der Waals surface area contributed by atoms with Gasteiger partial charge in [0.2, 0.25) is 0 Å². The Morgan fingerprint density at radius 3 is 2.21 bits per heavy atom. The Morgan fingerprint density at radius 1 is 1.36 bits per heavy atom. The minimum absolute atomic E-state index is 0.207. The van der Waals surface area contributed by atoms with Crippen LogP contribution in [0.25, 0.3) is 0 Å². The molecule has 1 heterocycles. The molecule has 0 spiro atoms. The fourth-order valence-corrected chi connectivity index (χ4v) is 1.58. The van der Waals surface area contributed by atoms with Gasteiger partial charge in [-0.3, -0.25) is 4.68 Å². The fraction of sp³-hybridized carbons (Fsp3) is 0.750. The Hall–Kier alpha value is -0.790. The third kappa shape index (κ3) is 2.17. The first kappa shape index (κ1) is 11.3. The summed E-state index contributed by atoms with van der Waals surface area (Å²) in [4.78, 5) is 0. The molecule has 1 aromatic heterocycles. The average molecular weight is 194 g/mol. The van der Waals surface area contributed by atoms with Crippen LogP contribution in [0.4, 0.5) is 0 Å². The first-order valence-corrected chi connectivity index (χ1v) is 5.44. The highest BCUT2D eigenvalue weighted by atomic mass is 15.3. The molecule has 1 rings (SSSR count). The van der Waals surface area contributed by atoms with Crippen molar-refractivity contribution >= 4 is 0 Å². The van der Waals surface area contributed by atoms with Gasteiger partial charge >= 0.3 is 0 Å². The van der Waals surface area contributed by atoms with E-state index in [1.807, 2.05) is 0 Å². The minimum atomic E-state index is 0.207. The van der Waals surface area contributed by atoms with Crippen molar-refractivity contribution in [2.45, 2.75) is 59.4 Å². The highest BCUT2D eigenvalue weighted by Gasteiger charge is 2.20. The van der Waals surface area contributed by atoms with Crippen molar-refractivity contribution in [2.24, 2.45) is 0 Å². The van der Waals surface area contributed by atoms with Gasteiger partial charge in [0, 0.05) is 12.2 Å². The maximum atomic E-state index is 4.61. The average Bonchev–Trinajstić information content (AvgIpc) is 2.46. The smallest absolute Gasteiger partial charge is 0.0659 e. The molecule has 0 saturated heterocycles. The molecule has 1 aromatic rings. The van der Waals surface area contributed by atoms with Crippen LogP contribution in [0.2, 0.25) is 0 Å². The number of nitrogens with zero attached hydrogens (tertiary/aromatic N) is 2. The second kappa shape index (κ2) is 3.76. The molecule has 0 fully saturated rings. The first-order chi connectivity index (χ1) is 6.36. The number of aryl methyl sites for hydroxylation is 1. The van der Waals surface area contributed by atoms with Gasteiger partial charge in [-0.1, -0.05) is 27.7 Å². The van der Waals surface area contributed by atoms with Crippen LogP contribution in [0.15, 0.2) is 6.20 Å². The summed E-state index contributed by atoms with van der Waals surface area (Å²) in [5.41, 5.74) is 2.83.